The summed E-state index contributed by atoms with van der Waals surface area (Å²) in [6.07, 6.45) is 6.63. The van der Waals surface area contributed by atoms with Crippen LogP contribution in [0.25, 0.3) is 0 Å². The lowest BCUT2D eigenvalue weighted by Gasteiger charge is -2.38. The first kappa shape index (κ1) is 21.3. The molecule has 1 aromatic heterocycles. The van der Waals surface area contributed by atoms with Crippen LogP contribution < -0.4 is 10.9 Å². The molecule has 7 heteroatoms. The molecule has 1 N–H and O–H groups in total. The Balaban J connectivity index is 1.33. The minimum Gasteiger partial charge on any atom is -0.348 e. The predicted octanol–water partition coefficient (Wildman–Crippen LogP) is 1.87. The van der Waals surface area contributed by atoms with Crippen molar-refractivity contribution in [3.63, 3.8) is 0 Å². The Hall–Kier alpha value is -2.93. The topological polar surface area (TPSA) is 74.6 Å². The highest BCUT2D eigenvalue weighted by molar-refractivity contribution is 5.93. The molecule has 1 aromatic carbocycles. The van der Waals surface area contributed by atoms with Gasteiger partial charge in [-0.25, -0.2) is 0 Å². The summed E-state index contributed by atoms with van der Waals surface area (Å²) in [5.41, 5.74) is 1.09. The second-order valence-corrected chi connectivity index (χ2v) is 8.41. The molecule has 2 aromatic rings. The molecule has 1 aliphatic carbocycles. The van der Waals surface area contributed by atoms with Gasteiger partial charge in [-0.2, -0.15) is 0 Å². The van der Waals surface area contributed by atoms with Crippen LogP contribution in [0.3, 0.4) is 0 Å². The summed E-state index contributed by atoms with van der Waals surface area (Å²) in [6.45, 7) is 3.55. The predicted molar refractivity (Wildman–Crippen MR) is 119 cm³/mol. The van der Waals surface area contributed by atoms with Gasteiger partial charge in [-0.3, -0.25) is 19.3 Å². The van der Waals surface area contributed by atoms with Crippen LogP contribution in [-0.4, -0.2) is 58.4 Å². The number of amides is 2. The fourth-order valence-electron chi connectivity index (χ4n) is 4.52. The number of hydrogen-bond acceptors (Lipinski definition) is 4. The van der Waals surface area contributed by atoms with E-state index in [1.165, 1.54) is 48.6 Å². The van der Waals surface area contributed by atoms with Crippen molar-refractivity contribution in [2.75, 3.05) is 26.2 Å². The number of pyridine rings is 1. The molecule has 164 valence electrons. The summed E-state index contributed by atoms with van der Waals surface area (Å²) in [5.74, 6) is -0.342. The van der Waals surface area contributed by atoms with E-state index in [1.54, 1.807) is 0 Å². The Labute approximate surface area is 182 Å². The SMILES string of the molecule is O=C(NCc1ccccc1)c1ccc(=O)n(CC(=O)N2CCN(C3CCCC3)CC2)c1. The van der Waals surface area contributed by atoms with Crippen LogP contribution in [0.1, 0.15) is 41.6 Å². The first-order valence-corrected chi connectivity index (χ1v) is 11.1. The van der Waals surface area contributed by atoms with Gasteiger partial charge in [-0.1, -0.05) is 43.2 Å². The van der Waals surface area contributed by atoms with E-state index in [2.05, 4.69) is 10.2 Å². The molecule has 0 unspecified atom stereocenters. The molecule has 7 nitrogen and oxygen atoms in total. The second-order valence-electron chi connectivity index (χ2n) is 8.41. The highest BCUT2D eigenvalue weighted by Crippen LogP contribution is 2.24. The minimum atomic E-state index is -0.280. The smallest absolute Gasteiger partial charge is 0.253 e. The molecule has 2 amide bonds. The monoisotopic (exact) mass is 422 g/mol. The lowest BCUT2D eigenvalue weighted by Crippen LogP contribution is -2.52. The van der Waals surface area contributed by atoms with Crippen molar-refractivity contribution in [2.24, 2.45) is 0 Å². The van der Waals surface area contributed by atoms with E-state index in [4.69, 9.17) is 0 Å². The first-order chi connectivity index (χ1) is 15.1. The van der Waals surface area contributed by atoms with Crippen molar-refractivity contribution in [1.82, 2.24) is 19.7 Å². The zero-order chi connectivity index (χ0) is 21.6. The zero-order valence-corrected chi connectivity index (χ0v) is 17.8. The first-order valence-electron chi connectivity index (χ1n) is 11.1. The van der Waals surface area contributed by atoms with E-state index in [-0.39, 0.29) is 23.9 Å². The average molecular weight is 423 g/mol. The molecule has 1 aliphatic heterocycles. The van der Waals surface area contributed by atoms with Crippen LogP contribution in [-0.2, 0) is 17.9 Å². The quantitative estimate of drug-likeness (QED) is 0.771. The number of hydrogen-bond donors (Lipinski definition) is 1. The van der Waals surface area contributed by atoms with Gasteiger partial charge in [-0.15, -0.1) is 0 Å². The van der Waals surface area contributed by atoms with Crippen LogP contribution in [0.15, 0.2) is 53.5 Å². The van der Waals surface area contributed by atoms with Crippen LogP contribution in [0, 0.1) is 0 Å². The molecule has 31 heavy (non-hydrogen) atoms. The molecule has 0 atom stereocenters. The largest absolute Gasteiger partial charge is 0.348 e. The highest BCUT2D eigenvalue weighted by atomic mass is 16.2. The van der Waals surface area contributed by atoms with Crippen molar-refractivity contribution in [1.29, 1.82) is 0 Å². The fraction of sp³-hybridized carbons (Fsp3) is 0.458. The Morgan fingerprint density at radius 1 is 0.935 bits per heavy atom. The Morgan fingerprint density at radius 3 is 2.35 bits per heavy atom. The van der Waals surface area contributed by atoms with Gasteiger partial charge in [0.05, 0.1) is 5.56 Å². The lowest BCUT2D eigenvalue weighted by atomic mass is 10.2. The molecule has 0 radical (unpaired) electrons. The third-order valence-electron chi connectivity index (χ3n) is 6.36. The number of carbonyl (C=O) groups is 2. The van der Waals surface area contributed by atoms with E-state index in [1.807, 2.05) is 35.2 Å². The van der Waals surface area contributed by atoms with E-state index < -0.39 is 0 Å². The second kappa shape index (κ2) is 9.92. The standard InChI is InChI=1S/C24H30N4O3/c29-22-11-10-20(24(31)25-16-19-6-2-1-3-7-19)17-28(22)18-23(30)27-14-12-26(13-15-27)21-8-4-5-9-21/h1-3,6-7,10-11,17,21H,4-5,8-9,12-16,18H2,(H,25,31). The summed E-state index contributed by atoms with van der Waals surface area (Å²) in [7, 11) is 0. The molecule has 2 aliphatic rings. The molecule has 2 heterocycles. The molecular weight excluding hydrogens is 392 g/mol. The molecule has 1 saturated heterocycles. The Bertz CT molecular complexity index is 958. The summed E-state index contributed by atoms with van der Waals surface area (Å²) in [6, 6.07) is 13.2. The number of rotatable bonds is 6. The summed E-state index contributed by atoms with van der Waals surface area (Å²) >= 11 is 0. The summed E-state index contributed by atoms with van der Waals surface area (Å²) < 4.78 is 1.34. The van der Waals surface area contributed by atoms with Crippen molar-refractivity contribution in [3.8, 4) is 0 Å². The number of nitrogens with zero attached hydrogens (tertiary/aromatic N) is 3. The number of benzene rings is 1. The van der Waals surface area contributed by atoms with Crippen molar-refractivity contribution in [3.05, 3.63) is 70.1 Å². The number of aromatic nitrogens is 1. The van der Waals surface area contributed by atoms with E-state index in [9.17, 15) is 14.4 Å². The molecular formula is C24H30N4O3. The van der Waals surface area contributed by atoms with Gasteiger partial charge in [0.1, 0.15) is 6.54 Å². The van der Waals surface area contributed by atoms with Crippen molar-refractivity contribution in [2.45, 2.75) is 44.8 Å². The van der Waals surface area contributed by atoms with Crippen LogP contribution >= 0.6 is 0 Å². The van der Waals surface area contributed by atoms with Crippen LogP contribution in [0.2, 0.25) is 0 Å². The van der Waals surface area contributed by atoms with Crippen LogP contribution in [0.5, 0.6) is 0 Å². The zero-order valence-electron chi connectivity index (χ0n) is 17.8. The summed E-state index contributed by atoms with van der Waals surface area (Å²) in [4.78, 5) is 41.9. The maximum absolute atomic E-state index is 12.8. The maximum atomic E-state index is 12.8. The van der Waals surface area contributed by atoms with Gasteiger partial charge in [0.2, 0.25) is 5.91 Å². The van der Waals surface area contributed by atoms with Gasteiger partial charge >= 0.3 is 0 Å². The normalized spacial score (nSPS) is 17.6. The molecule has 4 rings (SSSR count). The van der Waals surface area contributed by atoms with E-state index in [0.717, 1.165) is 18.7 Å². The third-order valence-corrected chi connectivity index (χ3v) is 6.36. The van der Waals surface area contributed by atoms with Gasteiger partial charge in [0.25, 0.3) is 11.5 Å². The number of nitrogens with one attached hydrogen (secondary N) is 1. The van der Waals surface area contributed by atoms with Gasteiger partial charge < -0.3 is 14.8 Å². The van der Waals surface area contributed by atoms with Gasteiger partial charge in [-0.05, 0) is 24.5 Å². The van der Waals surface area contributed by atoms with Crippen LogP contribution in [0.4, 0.5) is 0 Å². The van der Waals surface area contributed by atoms with Crippen molar-refractivity contribution >= 4 is 11.8 Å². The molecule has 1 saturated carbocycles. The Kier molecular flexibility index (Phi) is 6.82. The van der Waals surface area contributed by atoms with E-state index >= 15 is 0 Å². The van der Waals surface area contributed by atoms with E-state index in [0.29, 0.717) is 31.2 Å². The van der Waals surface area contributed by atoms with Crippen molar-refractivity contribution < 1.29 is 9.59 Å². The molecule has 0 bridgehead atoms. The average Bonchev–Trinajstić information content (AvgIpc) is 3.35. The Morgan fingerprint density at radius 2 is 1.65 bits per heavy atom. The number of piperazine rings is 1. The molecule has 2 fully saturated rings. The van der Waals surface area contributed by atoms with Gasteiger partial charge in [0.15, 0.2) is 0 Å². The highest BCUT2D eigenvalue weighted by Gasteiger charge is 2.28. The maximum Gasteiger partial charge on any atom is 0.253 e. The third kappa shape index (κ3) is 5.41. The molecule has 0 spiro atoms. The number of carbonyl (C=O) groups excluding carboxylic acids is 2. The fourth-order valence-corrected chi connectivity index (χ4v) is 4.52. The summed E-state index contributed by atoms with van der Waals surface area (Å²) in [5, 5.41) is 2.85. The lowest BCUT2D eigenvalue weighted by molar-refractivity contribution is -0.134. The van der Waals surface area contributed by atoms with Gasteiger partial charge in [0, 0.05) is 51.0 Å². The minimum absolute atomic E-state index is 0.0396.